The molecule has 8 heteroatoms. The number of hydrogen-bond acceptors (Lipinski definition) is 5. The second-order valence-electron chi connectivity index (χ2n) is 11.1. The lowest BCUT2D eigenvalue weighted by molar-refractivity contribution is 0.0755. The molecule has 1 heterocycles. The van der Waals surface area contributed by atoms with E-state index < -0.39 is 0 Å². The van der Waals surface area contributed by atoms with E-state index in [1.54, 1.807) is 24.4 Å². The number of rotatable bonds is 15. The van der Waals surface area contributed by atoms with Crippen LogP contribution >= 0.6 is 15.9 Å². The third-order valence-electron chi connectivity index (χ3n) is 7.41. The van der Waals surface area contributed by atoms with Gasteiger partial charge in [0, 0.05) is 45.8 Å². The van der Waals surface area contributed by atoms with Crippen molar-refractivity contribution < 1.29 is 14.0 Å². The van der Waals surface area contributed by atoms with Gasteiger partial charge in [-0.15, -0.1) is 6.58 Å². The Morgan fingerprint density at radius 2 is 1.85 bits per heavy atom. The molecule has 41 heavy (non-hydrogen) atoms. The SMILES string of the molecule is C=C(C)C[C@@H](CCNC1(c2cccc(Br)c2)CC1)NC(=O)c1cc(C(=O)N(CCC)CCC)cc(-c2ncco2)c1. The molecular formula is C33H41BrN4O3. The lowest BCUT2D eigenvalue weighted by Crippen LogP contribution is -2.39. The van der Waals surface area contributed by atoms with Gasteiger partial charge in [-0.2, -0.15) is 0 Å². The topological polar surface area (TPSA) is 87.5 Å². The molecule has 2 N–H and O–H groups in total. The molecule has 1 aromatic heterocycles. The van der Waals surface area contributed by atoms with Gasteiger partial charge in [0.25, 0.3) is 11.8 Å². The van der Waals surface area contributed by atoms with Crippen molar-refractivity contribution in [3.05, 3.63) is 88.2 Å². The molecule has 3 aromatic rings. The van der Waals surface area contributed by atoms with Gasteiger partial charge >= 0.3 is 0 Å². The van der Waals surface area contributed by atoms with E-state index in [-0.39, 0.29) is 23.4 Å². The number of amides is 2. The Hall–Kier alpha value is -3.23. The molecule has 0 saturated heterocycles. The van der Waals surface area contributed by atoms with E-state index in [9.17, 15) is 9.59 Å². The van der Waals surface area contributed by atoms with Crippen molar-refractivity contribution in [2.75, 3.05) is 19.6 Å². The molecule has 0 unspecified atom stereocenters. The molecule has 218 valence electrons. The highest BCUT2D eigenvalue weighted by Crippen LogP contribution is 2.46. The second kappa shape index (κ2) is 14.1. The van der Waals surface area contributed by atoms with Gasteiger partial charge in [0.2, 0.25) is 5.89 Å². The summed E-state index contributed by atoms with van der Waals surface area (Å²) in [5.41, 5.74) is 3.75. The van der Waals surface area contributed by atoms with Crippen LogP contribution in [0, 0.1) is 0 Å². The van der Waals surface area contributed by atoms with Crippen LogP contribution in [0.1, 0.15) is 85.6 Å². The first-order chi connectivity index (χ1) is 19.7. The fraction of sp³-hybridized carbons (Fsp3) is 0.424. The van der Waals surface area contributed by atoms with Crippen LogP contribution in [-0.4, -0.2) is 47.4 Å². The molecule has 1 aliphatic carbocycles. The number of benzene rings is 2. The molecule has 1 saturated carbocycles. The van der Waals surface area contributed by atoms with Gasteiger partial charge < -0.3 is 20.0 Å². The summed E-state index contributed by atoms with van der Waals surface area (Å²) in [6, 6.07) is 13.5. The summed E-state index contributed by atoms with van der Waals surface area (Å²) < 4.78 is 6.60. The summed E-state index contributed by atoms with van der Waals surface area (Å²) >= 11 is 3.59. The number of carbonyl (C=O) groups is 2. The summed E-state index contributed by atoms with van der Waals surface area (Å²) in [6.45, 7) is 12.3. The van der Waals surface area contributed by atoms with Crippen molar-refractivity contribution in [3.8, 4) is 11.5 Å². The molecule has 1 aliphatic rings. The van der Waals surface area contributed by atoms with Gasteiger partial charge in [0.1, 0.15) is 6.26 Å². The third kappa shape index (κ3) is 8.17. The molecule has 0 radical (unpaired) electrons. The average Bonchev–Trinajstić information content (AvgIpc) is 3.53. The fourth-order valence-electron chi connectivity index (χ4n) is 5.29. The molecule has 1 fully saturated rings. The maximum Gasteiger partial charge on any atom is 0.253 e. The highest BCUT2D eigenvalue weighted by Gasteiger charge is 2.43. The van der Waals surface area contributed by atoms with Crippen LogP contribution in [0.3, 0.4) is 0 Å². The van der Waals surface area contributed by atoms with Crippen LogP contribution in [0.2, 0.25) is 0 Å². The van der Waals surface area contributed by atoms with E-state index in [0.29, 0.717) is 42.1 Å². The Kier molecular flexibility index (Phi) is 10.6. The predicted molar refractivity (Wildman–Crippen MR) is 167 cm³/mol. The second-order valence-corrected chi connectivity index (χ2v) is 12.0. The summed E-state index contributed by atoms with van der Waals surface area (Å²) in [5.74, 6) is 0.0432. The van der Waals surface area contributed by atoms with Crippen LogP contribution < -0.4 is 10.6 Å². The van der Waals surface area contributed by atoms with Crippen molar-refractivity contribution in [2.24, 2.45) is 0 Å². The number of nitrogens with one attached hydrogen (secondary N) is 2. The maximum atomic E-state index is 13.6. The van der Waals surface area contributed by atoms with E-state index in [2.05, 4.69) is 70.2 Å². The molecule has 0 bridgehead atoms. The molecule has 0 spiro atoms. The lowest BCUT2D eigenvalue weighted by Gasteiger charge is -2.24. The highest BCUT2D eigenvalue weighted by molar-refractivity contribution is 9.10. The third-order valence-corrected chi connectivity index (χ3v) is 7.90. The number of oxazole rings is 1. The van der Waals surface area contributed by atoms with Crippen LogP contribution in [0.25, 0.3) is 11.5 Å². The van der Waals surface area contributed by atoms with E-state index in [1.807, 2.05) is 17.9 Å². The number of hydrogen-bond donors (Lipinski definition) is 2. The Morgan fingerprint density at radius 3 is 2.46 bits per heavy atom. The van der Waals surface area contributed by atoms with E-state index in [0.717, 1.165) is 48.7 Å². The minimum Gasteiger partial charge on any atom is -0.445 e. The van der Waals surface area contributed by atoms with Crippen molar-refractivity contribution >= 4 is 27.7 Å². The molecular weight excluding hydrogens is 580 g/mol. The quantitative estimate of drug-likeness (QED) is 0.177. The van der Waals surface area contributed by atoms with Gasteiger partial charge in [-0.25, -0.2) is 4.98 Å². The van der Waals surface area contributed by atoms with Crippen LogP contribution in [0.15, 0.2) is 76.0 Å². The normalized spacial score (nSPS) is 14.3. The largest absolute Gasteiger partial charge is 0.445 e. The Balaban J connectivity index is 1.51. The van der Waals surface area contributed by atoms with Gasteiger partial charge in [0.05, 0.1) is 6.20 Å². The predicted octanol–water partition coefficient (Wildman–Crippen LogP) is 7.10. The summed E-state index contributed by atoms with van der Waals surface area (Å²) in [5, 5.41) is 6.96. The lowest BCUT2D eigenvalue weighted by atomic mass is 10.0. The van der Waals surface area contributed by atoms with E-state index >= 15 is 0 Å². The van der Waals surface area contributed by atoms with Gasteiger partial charge in [-0.3, -0.25) is 9.59 Å². The number of nitrogens with zero attached hydrogens (tertiary/aromatic N) is 2. The first-order valence-corrected chi connectivity index (χ1v) is 15.3. The number of aromatic nitrogens is 1. The zero-order valence-corrected chi connectivity index (χ0v) is 25.9. The summed E-state index contributed by atoms with van der Waals surface area (Å²) in [7, 11) is 0. The first kappa shape index (κ1) is 30.7. The molecule has 4 rings (SSSR count). The fourth-order valence-corrected chi connectivity index (χ4v) is 5.69. The zero-order chi connectivity index (χ0) is 29.4. The van der Waals surface area contributed by atoms with Gasteiger partial charge in [0.15, 0.2) is 0 Å². The first-order valence-electron chi connectivity index (χ1n) is 14.5. The molecule has 2 aromatic carbocycles. The summed E-state index contributed by atoms with van der Waals surface area (Å²) in [6.07, 6.45) is 8.37. The van der Waals surface area contributed by atoms with Crippen LogP contribution in [-0.2, 0) is 5.54 Å². The standard InChI is InChI=1S/C33H41BrN4O3/c1-5-15-38(16-6-2)32(40)26-20-24(19-25(21-26)31-35-14-17-41-31)30(39)37-29(18-23(3)4)10-13-36-33(11-12-33)27-8-7-9-28(34)22-27/h7-9,14,17,19-22,29,36H,3,5-6,10-13,15-16,18H2,1-2,4H3,(H,37,39)/t29-/m1/s1. The molecule has 7 nitrogen and oxygen atoms in total. The number of carbonyl (C=O) groups excluding carboxylic acids is 2. The van der Waals surface area contributed by atoms with Crippen molar-refractivity contribution in [3.63, 3.8) is 0 Å². The molecule has 0 aliphatic heterocycles. The van der Waals surface area contributed by atoms with Crippen LogP contribution in [0.4, 0.5) is 0 Å². The van der Waals surface area contributed by atoms with E-state index in [1.165, 1.54) is 11.8 Å². The van der Waals surface area contributed by atoms with Crippen molar-refractivity contribution in [1.29, 1.82) is 0 Å². The molecule has 1 atom stereocenters. The monoisotopic (exact) mass is 620 g/mol. The maximum absolute atomic E-state index is 13.6. The van der Waals surface area contributed by atoms with Gasteiger partial charge in [-0.1, -0.05) is 47.5 Å². The smallest absolute Gasteiger partial charge is 0.253 e. The van der Waals surface area contributed by atoms with Gasteiger partial charge in [-0.05, 0) is 87.9 Å². The summed E-state index contributed by atoms with van der Waals surface area (Å²) in [4.78, 5) is 33.2. The van der Waals surface area contributed by atoms with Crippen molar-refractivity contribution in [2.45, 2.75) is 70.9 Å². The zero-order valence-electron chi connectivity index (χ0n) is 24.3. The Bertz CT molecular complexity index is 1340. The van der Waals surface area contributed by atoms with Crippen molar-refractivity contribution in [1.82, 2.24) is 20.5 Å². The highest BCUT2D eigenvalue weighted by atomic mass is 79.9. The van der Waals surface area contributed by atoms with Crippen LogP contribution in [0.5, 0.6) is 0 Å². The number of halogens is 1. The molecule has 2 amide bonds. The Morgan fingerprint density at radius 1 is 1.12 bits per heavy atom. The minimum atomic E-state index is -0.232. The average molecular weight is 622 g/mol. The van der Waals surface area contributed by atoms with E-state index in [4.69, 9.17) is 4.42 Å². The minimum absolute atomic E-state index is 0.00402. The Labute approximate surface area is 251 Å².